The summed E-state index contributed by atoms with van der Waals surface area (Å²) in [7, 11) is 2.01. The Hall–Kier alpha value is -1.56. The van der Waals surface area contributed by atoms with E-state index in [1.165, 1.54) is 0 Å². The number of phenolic OH excluding ortho intramolecular Hbond substituents is 1. The summed E-state index contributed by atoms with van der Waals surface area (Å²) in [4.78, 5) is 15.4. The van der Waals surface area contributed by atoms with Gasteiger partial charge >= 0.3 is 0 Å². The van der Waals surface area contributed by atoms with Crippen molar-refractivity contribution in [2.24, 2.45) is 0 Å². The van der Waals surface area contributed by atoms with Crippen molar-refractivity contribution in [2.75, 3.05) is 18.5 Å². The number of hydrogen-bond acceptors (Lipinski definition) is 4. The van der Waals surface area contributed by atoms with Gasteiger partial charge < -0.3 is 15.3 Å². The lowest BCUT2D eigenvalue weighted by molar-refractivity contribution is 0.0953. The van der Waals surface area contributed by atoms with E-state index < -0.39 is 0 Å². The molecule has 24 heavy (non-hydrogen) atoms. The van der Waals surface area contributed by atoms with Gasteiger partial charge in [0.1, 0.15) is 5.75 Å². The Morgan fingerprint density at radius 1 is 1.25 bits per heavy atom. The fourth-order valence-electron chi connectivity index (χ4n) is 2.62. The summed E-state index contributed by atoms with van der Waals surface area (Å²) >= 11 is 13.5. The van der Waals surface area contributed by atoms with Crippen LogP contribution in [0.25, 0.3) is 0 Å². The molecule has 0 bridgehead atoms. The molecule has 0 saturated heterocycles. The van der Waals surface area contributed by atoms with Crippen LogP contribution in [0.15, 0.2) is 41.3 Å². The maximum Gasteiger partial charge on any atom is 0.251 e. The lowest BCUT2D eigenvalue weighted by atomic mass is 10.2. The maximum absolute atomic E-state index is 12.2. The Balaban J connectivity index is 1.56. The van der Waals surface area contributed by atoms with Gasteiger partial charge in [-0.1, -0.05) is 35.0 Å². The second-order valence-electron chi connectivity index (χ2n) is 5.54. The third kappa shape index (κ3) is 3.74. The average molecular weight is 383 g/mol. The zero-order chi connectivity index (χ0) is 17.3. The second kappa shape index (κ2) is 7.13. The number of anilines is 1. The number of fused-ring (bicyclic) bond motifs is 1. The summed E-state index contributed by atoms with van der Waals surface area (Å²) in [6, 6.07) is 10.1. The molecule has 0 radical (unpaired) electrons. The molecule has 0 saturated carbocycles. The fraction of sp³-hybridized carbons (Fsp3) is 0.235. The molecular formula is C17H16Cl2N2O2S. The molecule has 1 aliphatic rings. The predicted molar refractivity (Wildman–Crippen MR) is 99.6 cm³/mol. The van der Waals surface area contributed by atoms with Gasteiger partial charge in [-0.3, -0.25) is 4.79 Å². The van der Waals surface area contributed by atoms with Crippen molar-refractivity contribution in [3.8, 4) is 5.75 Å². The number of benzene rings is 2. The van der Waals surface area contributed by atoms with E-state index in [2.05, 4.69) is 10.2 Å². The molecule has 126 valence electrons. The SMILES string of the molecule is CN1c2ccc(O)cc2SC1CCNC(=O)c1cc(Cl)cc(Cl)c1. The molecule has 0 aromatic heterocycles. The van der Waals surface area contributed by atoms with Gasteiger partial charge in [-0.25, -0.2) is 0 Å². The number of halogens is 2. The van der Waals surface area contributed by atoms with Crippen LogP contribution < -0.4 is 10.2 Å². The number of carbonyl (C=O) groups is 1. The van der Waals surface area contributed by atoms with Gasteiger partial charge in [0.05, 0.1) is 11.1 Å². The molecule has 2 N–H and O–H groups in total. The van der Waals surface area contributed by atoms with Crippen molar-refractivity contribution in [1.29, 1.82) is 0 Å². The van der Waals surface area contributed by atoms with E-state index in [9.17, 15) is 9.90 Å². The Labute approximate surface area is 154 Å². The molecule has 2 aromatic carbocycles. The van der Waals surface area contributed by atoms with E-state index in [4.69, 9.17) is 23.2 Å². The number of phenols is 1. The van der Waals surface area contributed by atoms with Crippen LogP contribution in [0, 0.1) is 0 Å². The summed E-state index contributed by atoms with van der Waals surface area (Å²) in [5, 5.41) is 13.6. The highest BCUT2D eigenvalue weighted by Crippen LogP contribution is 2.44. The van der Waals surface area contributed by atoms with Crippen LogP contribution in [0.5, 0.6) is 5.75 Å². The molecule has 4 nitrogen and oxygen atoms in total. The summed E-state index contributed by atoms with van der Waals surface area (Å²) in [6.45, 7) is 0.533. The number of thioether (sulfide) groups is 1. The summed E-state index contributed by atoms with van der Waals surface area (Å²) < 4.78 is 0. The summed E-state index contributed by atoms with van der Waals surface area (Å²) in [5.74, 6) is 0.0710. The van der Waals surface area contributed by atoms with Crippen LogP contribution >= 0.6 is 35.0 Å². The quantitative estimate of drug-likeness (QED) is 0.823. The van der Waals surface area contributed by atoms with Crippen LogP contribution in [0.1, 0.15) is 16.8 Å². The lowest BCUT2D eigenvalue weighted by Gasteiger charge is -2.21. The third-order valence-electron chi connectivity index (χ3n) is 3.82. The molecule has 1 aliphatic heterocycles. The van der Waals surface area contributed by atoms with Crippen molar-refractivity contribution in [1.82, 2.24) is 5.32 Å². The van der Waals surface area contributed by atoms with Crippen LogP contribution in [0.2, 0.25) is 10.0 Å². The predicted octanol–water partition coefficient (Wildman–Crippen LogP) is 4.39. The Morgan fingerprint density at radius 2 is 1.96 bits per heavy atom. The van der Waals surface area contributed by atoms with E-state index in [1.807, 2.05) is 13.1 Å². The highest BCUT2D eigenvalue weighted by atomic mass is 35.5. The topological polar surface area (TPSA) is 52.6 Å². The molecule has 1 unspecified atom stereocenters. The molecule has 2 aromatic rings. The number of nitrogens with one attached hydrogen (secondary N) is 1. The highest BCUT2D eigenvalue weighted by Gasteiger charge is 2.27. The van der Waals surface area contributed by atoms with E-state index >= 15 is 0 Å². The van der Waals surface area contributed by atoms with E-state index in [0.717, 1.165) is 17.0 Å². The van der Waals surface area contributed by atoms with Gasteiger partial charge in [-0.05, 0) is 42.8 Å². The fourth-order valence-corrected chi connectivity index (χ4v) is 4.47. The Morgan fingerprint density at radius 3 is 2.67 bits per heavy atom. The smallest absolute Gasteiger partial charge is 0.251 e. The first kappa shape index (κ1) is 17.3. The summed E-state index contributed by atoms with van der Waals surface area (Å²) in [5.41, 5.74) is 1.55. The van der Waals surface area contributed by atoms with E-state index in [-0.39, 0.29) is 17.0 Å². The van der Waals surface area contributed by atoms with Gasteiger partial charge in [-0.2, -0.15) is 0 Å². The zero-order valence-corrected chi connectivity index (χ0v) is 15.3. The third-order valence-corrected chi connectivity index (χ3v) is 5.66. The van der Waals surface area contributed by atoms with Crippen LogP contribution in [0.3, 0.4) is 0 Å². The number of hydrogen-bond donors (Lipinski definition) is 2. The first-order valence-electron chi connectivity index (χ1n) is 7.41. The number of rotatable bonds is 4. The molecule has 0 spiro atoms. The molecule has 1 atom stereocenters. The molecule has 7 heteroatoms. The van der Waals surface area contributed by atoms with E-state index in [0.29, 0.717) is 22.2 Å². The standard InChI is InChI=1S/C17H16Cl2N2O2S/c1-21-14-3-2-13(22)9-15(14)24-16(21)4-5-20-17(23)10-6-11(18)8-12(19)7-10/h2-3,6-9,16,22H,4-5H2,1H3,(H,20,23). The first-order chi connectivity index (χ1) is 11.4. The molecular weight excluding hydrogens is 367 g/mol. The normalized spacial score (nSPS) is 16.1. The number of amides is 1. The largest absolute Gasteiger partial charge is 0.508 e. The first-order valence-corrected chi connectivity index (χ1v) is 9.04. The Kier molecular flexibility index (Phi) is 5.13. The second-order valence-corrected chi connectivity index (χ2v) is 7.63. The zero-order valence-electron chi connectivity index (χ0n) is 12.9. The number of carbonyl (C=O) groups excluding carboxylic acids is 1. The minimum Gasteiger partial charge on any atom is -0.508 e. The molecule has 0 fully saturated rings. The van der Waals surface area contributed by atoms with Crippen molar-refractivity contribution in [3.05, 3.63) is 52.0 Å². The molecule has 0 aliphatic carbocycles. The molecule has 3 rings (SSSR count). The highest BCUT2D eigenvalue weighted by molar-refractivity contribution is 8.00. The van der Waals surface area contributed by atoms with Crippen LogP contribution in [-0.4, -0.2) is 30.0 Å². The number of aromatic hydroxyl groups is 1. The average Bonchev–Trinajstić information content (AvgIpc) is 2.82. The van der Waals surface area contributed by atoms with Crippen molar-refractivity contribution >= 4 is 46.6 Å². The van der Waals surface area contributed by atoms with Gasteiger partial charge in [0, 0.05) is 34.1 Å². The van der Waals surface area contributed by atoms with Gasteiger partial charge in [0.25, 0.3) is 5.91 Å². The minimum atomic E-state index is -0.194. The van der Waals surface area contributed by atoms with Gasteiger partial charge in [0.15, 0.2) is 0 Å². The summed E-state index contributed by atoms with van der Waals surface area (Å²) in [6.07, 6.45) is 0.774. The van der Waals surface area contributed by atoms with Crippen molar-refractivity contribution < 1.29 is 9.90 Å². The van der Waals surface area contributed by atoms with Gasteiger partial charge in [-0.15, -0.1) is 0 Å². The van der Waals surface area contributed by atoms with Crippen molar-refractivity contribution in [2.45, 2.75) is 16.7 Å². The van der Waals surface area contributed by atoms with Crippen molar-refractivity contribution in [3.63, 3.8) is 0 Å². The minimum absolute atomic E-state index is 0.194. The number of nitrogens with zero attached hydrogens (tertiary/aromatic N) is 1. The van der Waals surface area contributed by atoms with Crippen LogP contribution in [0.4, 0.5) is 5.69 Å². The monoisotopic (exact) mass is 382 g/mol. The molecule has 1 amide bonds. The Bertz CT molecular complexity index is 765. The lowest BCUT2D eigenvalue weighted by Crippen LogP contribution is -2.31. The van der Waals surface area contributed by atoms with Gasteiger partial charge in [0.2, 0.25) is 0 Å². The molecule has 1 heterocycles. The van der Waals surface area contributed by atoms with Crippen LogP contribution in [-0.2, 0) is 0 Å². The maximum atomic E-state index is 12.2. The van der Waals surface area contributed by atoms with E-state index in [1.54, 1.807) is 42.1 Å².